The highest BCUT2D eigenvalue weighted by Crippen LogP contribution is 2.32. The number of aliphatic hydroxyl groups excluding tert-OH is 1. The zero-order valence-electron chi connectivity index (χ0n) is 5.08. The van der Waals surface area contributed by atoms with E-state index in [1.807, 2.05) is 0 Å². The highest BCUT2D eigenvalue weighted by Gasteiger charge is 2.26. The number of aliphatic hydroxyl groups is 1. The molecule has 1 aliphatic rings. The highest BCUT2D eigenvalue weighted by molar-refractivity contribution is 5.80. The van der Waals surface area contributed by atoms with Crippen molar-refractivity contribution in [3.05, 3.63) is 6.42 Å². The van der Waals surface area contributed by atoms with Crippen LogP contribution < -0.4 is 5.73 Å². The van der Waals surface area contributed by atoms with Gasteiger partial charge in [0.1, 0.15) is 6.10 Å². The molecule has 3 nitrogen and oxygen atoms in total. The number of carbonyl (C=O) groups is 1. The van der Waals surface area contributed by atoms with Gasteiger partial charge in [-0.3, -0.25) is 4.79 Å². The third-order valence-corrected chi connectivity index (χ3v) is 1.37. The first-order chi connectivity index (χ1) is 4.20. The van der Waals surface area contributed by atoms with E-state index < -0.39 is 12.0 Å². The number of nitrogens with two attached hydrogens (primary N) is 1. The first kappa shape index (κ1) is 6.55. The average Bonchev–Trinajstić information content (AvgIpc) is 2.50. The maximum absolute atomic E-state index is 10.2. The summed E-state index contributed by atoms with van der Waals surface area (Å²) in [6.45, 7) is 0. The maximum Gasteiger partial charge on any atom is 0.246 e. The molecule has 0 heterocycles. The van der Waals surface area contributed by atoms with E-state index >= 15 is 0 Å². The topological polar surface area (TPSA) is 63.3 Å². The summed E-state index contributed by atoms with van der Waals surface area (Å²) < 4.78 is 0. The van der Waals surface area contributed by atoms with Crippen molar-refractivity contribution in [1.29, 1.82) is 0 Å². The van der Waals surface area contributed by atoms with Crippen LogP contribution >= 0.6 is 0 Å². The van der Waals surface area contributed by atoms with Gasteiger partial charge in [0.25, 0.3) is 0 Å². The predicted octanol–water partition coefficient (Wildman–Crippen LogP) is -0.553. The molecule has 0 aromatic rings. The van der Waals surface area contributed by atoms with Gasteiger partial charge >= 0.3 is 0 Å². The van der Waals surface area contributed by atoms with Crippen molar-refractivity contribution < 1.29 is 9.90 Å². The van der Waals surface area contributed by atoms with Crippen LogP contribution in [0.1, 0.15) is 12.8 Å². The van der Waals surface area contributed by atoms with E-state index in [9.17, 15) is 4.79 Å². The molecule has 0 aromatic heterocycles. The summed E-state index contributed by atoms with van der Waals surface area (Å²) >= 11 is 0. The van der Waals surface area contributed by atoms with Crippen LogP contribution in [0.4, 0.5) is 0 Å². The van der Waals surface area contributed by atoms with Gasteiger partial charge in [-0.2, -0.15) is 0 Å². The zero-order chi connectivity index (χ0) is 6.85. The number of hydrogen-bond donors (Lipinski definition) is 2. The van der Waals surface area contributed by atoms with Gasteiger partial charge in [-0.05, 0) is 18.8 Å². The molecule has 51 valence electrons. The fourth-order valence-corrected chi connectivity index (χ4v) is 0.641. The van der Waals surface area contributed by atoms with E-state index in [4.69, 9.17) is 10.8 Å². The van der Waals surface area contributed by atoms with E-state index in [0.29, 0.717) is 5.92 Å². The van der Waals surface area contributed by atoms with E-state index in [2.05, 4.69) is 0 Å². The van der Waals surface area contributed by atoms with Crippen LogP contribution in [0.3, 0.4) is 0 Å². The Morgan fingerprint density at radius 2 is 2.33 bits per heavy atom. The van der Waals surface area contributed by atoms with Crippen LogP contribution in [-0.4, -0.2) is 17.1 Å². The van der Waals surface area contributed by atoms with Crippen LogP contribution in [0.15, 0.2) is 0 Å². The van der Waals surface area contributed by atoms with Gasteiger partial charge in [-0.1, -0.05) is 0 Å². The van der Waals surface area contributed by atoms with Gasteiger partial charge in [0.2, 0.25) is 5.91 Å². The Balaban J connectivity index is 2.16. The largest absolute Gasteiger partial charge is 0.383 e. The first-order valence-electron chi connectivity index (χ1n) is 3.02. The molecule has 1 aliphatic carbocycles. The molecule has 1 fully saturated rings. The molecule has 3 N–H and O–H groups in total. The van der Waals surface area contributed by atoms with E-state index in [-0.39, 0.29) is 0 Å². The molecule has 0 unspecified atom stereocenters. The van der Waals surface area contributed by atoms with E-state index in [1.54, 1.807) is 6.42 Å². The summed E-state index contributed by atoms with van der Waals surface area (Å²) in [5, 5.41) is 8.81. The van der Waals surface area contributed by atoms with Crippen LogP contribution in [0.2, 0.25) is 0 Å². The van der Waals surface area contributed by atoms with Crippen LogP contribution in [0, 0.1) is 12.3 Å². The highest BCUT2D eigenvalue weighted by atomic mass is 16.3. The summed E-state index contributed by atoms with van der Waals surface area (Å²) in [4.78, 5) is 10.2. The molecule has 0 bridgehead atoms. The van der Waals surface area contributed by atoms with E-state index in [0.717, 1.165) is 12.8 Å². The molecule has 0 aliphatic heterocycles. The molecule has 9 heavy (non-hydrogen) atoms. The van der Waals surface area contributed by atoms with Crippen molar-refractivity contribution in [2.45, 2.75) is 18.9 Å². The molecular formula is C6H10NO2. The van der Waals surface area contributed by atoms with Crippen molar-refractivity contribution in [2.75, 3.05) is 0 Å². The number of amides is 1. The third-order valence-electron chi connectivity index (χ3n) is 1.37. The van der Waals surface area contributed by atoms with Crippen molar-refractivity contribution >= 4 is 5.91 Å². The lowest BCUT2D eigenvalue weighted by molar-refractivity contribution is -0.124. The SMILES string of the molecule is NC(=O)[C@H](O)[CH]C1CC1. The van der Waals surface area contributed by atoms with Crippen LogP contribution in [0.5, 0.6) is 0 Å². The molecule has 1 rings (SSSR count). The molecule has 0 spiro atoms. The van der Waals surface area contributed by atoms with Gasteiger partial charge in [-0.15, -0.1) is 0 Å². The minimum atomic E-state index is -1.03. The smallest absolute Gasteiger partial charge is 0.246 e. The zero-order valence-corrected chi connectivity index (χ0v) is 5.08. The quantitative estimate of drug-likeness (QED) is 0.535. The van der Waals surface area contributed by atoms with Crippen LogP contribution in [0.25, 0.3) is 0 Å². The molecule has 3 heteroatoms. The summed E-state index contributed by atoms with van der Waals surface area (Å²) in [6, 6.07) is 0. The van der Waals surface area contributed by atoms with Crippen LogP contribution in [-0.2, 0) is 4.79 Å². The van der Waals surface area contributed by atoms with Crippen molar-refractivity contribution in [2.24, 2.45) is 11.7 Å². The van der Waals surface area contributed by atoms with Gasteiger partial charge < -0.3 is 10.8 Å². The molecule has 1 radical (unpaired) electrons. The Hall–Kier alpha value is -0.570. The normalized spacial score (nSPS) is 21.4. The number of rotatable bonds is 3. The van der Waals surface area contributed by atoms with Gasteiger partial charge in [0, 0.05) is 6.42 Å². The molecule has 1 saturated carbocycles. The molecule has 0 saturated heterocycles. The Kier molecular flexibility index (Phi) is 1.71. The Morgan fingerprint density at radius 1 is 1.78 bits per heavy atom. The summed E-state index contributed by atoms with van der Waals surface area (Å²) in [5.74, 6) is -0.214. The second-order valence-electron chi connectivity index (χ2n) is 2.38. The van der Waals surface area contributed by atoms with Gasteiger partial charge in [0.15, 0.2) is 0 Å². The maximum atomic E-state index is 10.2. The Morgan fingerprint density at radius 3 is 2.67 bits per heavy atom. The first-order valence-corrected chi connectivity index (χ1v) is 3.02. The van der Waals surface area contributed by atoms with Gasteiger partial charge in [0.05, 0.1) is 0 Å². The summed E-state index contributed by atoms with van der Waals surface area (Å²) in [5.41, 5.74) is 4.79. The average molecular weight is 128 g/mol. The Labute approximate surface area is 53.9 Å². The number of carbonyl (C=O) groups excluding carboxylic acids is 1. The minimum Gasteiger partial charge on any atom is -0.383 e. The second-order valence-corrected chi connectivity index (χ2v) is 2.38. The fraction of sp³-hybridized carbons (Fsp3) is 0.667. The molecule has 1 amide bonds. The van der Waals surface area contributed by atoms with Crippen molar-refractivity contribution in [1.82, 2.24) is 0 Å². The van der Waals surface area contributed by atoms with Gasteiger partial charge in [-0.25, -0.2) is 0 Å². The van der Waals surface area contributed by atoms with Crippen molar-refractivity contribution in [3.8, 4) is 0 Å². The summed E-state index contributed by atoms with van der Waals surface area (Å²) in [6.07, 6.45) is 2.74. The summed E-state index contributed by atoms with van der Waals surface area (Å²) in [7, 11) is 0. The Bertz CT molecular complexity index is 120. The molecule has 1 atom stereocenters. The molecular weight excluding hydrogens is 118 g/mol. The van der Waals surface area contributed by atoms with Crippen molar-refractivity contribution in [3.63, 3.8) is 0 Å². The number of hydrogen-bond acceptors (Lipinski definition) is 2. The fourth-order valence-electron chi connectivity index (χ4n) is 0.641. The standard InChI is InChI=1S/C6H10NO2/c7-6(9)5(8)3-4-1-2-4/h3-5,8H,1-2H2,(H2,7,9)/t5-/m1/s1. The second kappa shape index (κ2) is 2.35. The third kappa shape index (κ3) is 2.01. The predicted molar refractivity (Wildman–Crippen MR) is 32.2 cm³/mol. The number of primary amides is 1. The minimum absolute atomic E-state index is 0.437. The lowest BCUT2D eigenvalue weighted by atomic mass is 10.2. The molecule has 0 aromatic carbocycles. The monoisotopic (exact) mass is 128 g/mol. The lowest BCUT2D eigenvalue weighted by Gasteiger charge is -2.01. The van der Waals surface area contributed by atoms with E-state index in [1.165, 1.54) is 0 Å². The lowest BCUT2D eigenvalue weighted by Crippen LogP contribution is -2.28.